The Morgan fingerprint density at radius 1 is 1.58 bits per heavy atom. The first kappa shape index (κ1) is 9.42. The van der Waals surface area contributed by atoms with Gasteiger partial charge in [-0.15, -0.1) is 0 Å². The lowest BCUT2D eigenvalue weighted by Crippen LogP contribution is -2.05. The summed E-state index contributed by atoms with van der Waals surface area (Å²) in [6.45, 7) is 4.42. The Morgan fingerprint density at radius 3 is 2.75 bits per heavy atom. The third-order valence-corrected chi connectivity index (χ3v) is 1.86. The number of nitrogens with zero attached hydrogens (tertiary/aromatic N) is 2. The van der Waals surface area contributed by atoms with E-state index in [0.717, 1.165) is 11.5 Å². The zero-order chi connectivity index (χ0) is 9.14. The smallest absolute Gasteiger partial charge is 0.131 e. The average molecular weight is 186 g/mol. The molecule has 0 saturated carbocycles. The Morgan fingerprint density at radius 2 is 2.25 bits per heavy atom. The molecule has 1 heterocycles. The van der Waals surface area contributed by atoms with Crippen LogP contribution in [-0.2, 0) is 6.54 Å². The van der Waals surface area contributed by atoms with Crippen LogP contribution in [0.15, 0.2) is 6.20 Å². The first-order valence-electron chi connectivity index (χ1n) is 3.86. The Kier molecular flexibility index (Phi) is 3.00. The highest BCUT2D eigenvalue weighted by Crippen LogP contribution is 2.15. The molecule has 0 saturated heterocycles. The molecule has 0 radical (unpaired) electrons. The van der Waals surface area contributed by atoms with Gasteiger partial charge in [-0.1, -0.05) is 25.4 Å². The summed E-state index contributed by atoms with van der Waals surface area (Å²) in [7, 11) is 0. The molecule has 3 nitrogen and oxygen atoms in total. The molecule has 0 amide bonds. The van der Waals surface area contributed by atoms with Crippen LogP contribution in [0.1, 0.15) is 31.3 Å². The van der Waals surface area contributed by atoms with Crippen molar-refractivity contribution in [3.8, 4) is 0 Å². The molecule has 0 fully saturated rings. The third-order valence-electron chi connectivity index (χ3n) is 1.55. The molecule has 1 aromatic rings. The van der Waals surface area contributed by atoms with E-state index in [4.69, 9.17) is 17.3 Å². The van der Waals surface area contributed by atoms with Crippen LogP contribution in [0.3, 0.4) is 0 Å². The highest BCUT2D eigenvalue weighted by molar-refractivity contribution is 6.31. The lowest BCUT2D eigenvalue weighted by atomic mass is 10.2. The molecule has 1 aromatic heterocycles. The molecule has 0 spiro atoms. The first-order valence-corrected chi connectivity index (χ1v) is 4.24. The normalized spacial score (nSPS) is 10.8. The van der Waals surface area contributed by atoms with E-state index >= 15 is 0 Å². The van der Waals surface area contributed by atoms with Gasteiger partial charge in [0.25, 0.3) is 0 Å². The van der Waals surface area contributed by atoms with Crippen molar-refractivity contribution in [2.75, 3.05) is 0 Å². The van der Waals surface area contributed by atoms with Gasteiger partial charge in [-0.25, -0.2) is 9.97 Å². The van der Waals surface area contributed by atoms with Gasteiger partial charge < -0.3 is 5.73 Å². The maximum absolute atomic E-state index is 5.80. The predicted octanol–water partition coefficient (Wildman–Crippen LogP) is 1.71. The number of nitrogens with two attached hydrogens (primary N) is 1. The van der Waals surface area contributed by atoms with Crippen LogP contribution >= 0.6 is 11.6 Å². The fraction of sp³-hybridized carbons (Fsp3) is 0.500. The largest absolute Gasteiger partial charge is 0.325 e. The molecular weight excluding hydrogens is 174 g/mol. The highest BCUT2D eigenvalue weighted by atomic mass is 35.5. The monoisotopic (exact) mass is 185 g/mol. The van der Waals surface area contributed by atoms with Gasteiger partial charge in [0.1, 0.15) is 5.82 Å². The summed E-state index contributed by atoms with van der Waals surface area (Å²) >= 11 is 5.80. The Labute approximate surface area is 77.0 Å². The summed E-state index contributed by atoms with van der Waals surface area (Å²) < 4.78 is 0. The molecule has 2 N–H and O–H groups in total. The summed E-state index contributed by atoms with van der Waals surface area (Å²) in [6, 6.07) is 0. The summed E-state index contributed by atoms with van der Waals surface area (Å²) in [5.41, 5.74) is 6.16. The molecule has 0 bridgehead atoms. The van der Waals surface area contributed by atoms with Gasteiger partial charge in [-0.05, 0) is 0 Å². The van der Waals surface area contributed by atoms with Gasteiger partial charge in [-0.2, -0.15) is 0 Å². The van der Waals surface area contributed by atoms with E-state index < -0.39 is 0 Å². The average Bonchev–Trinajstić information content (AvgIpc) is 2.05. The van der Waals surface area contributed by atoms with Crippen LogP contribution in [0, 0.1) is 0 Å². The molecule has 66 valence electrons. The number of rotatable bonds is 2. The van der Waals surface area contributed by atoms with Gasteiger partial charge >= 0.3 is 0 Å². The van der Waals surface area contributed by atoms with E-state index in [-0.39, 0.29) is 0 Å². The zero-order valence-electron chi connectivity index (χ0n) is 7.21. The second-order valence-electron chi connectivity index (χ2n) is 2.88. The predicted molar refractivity (Wildman–Crippen MR) is 49.0 cm³/mol. The van der Waals surface area contributed by atoms with Crippen LogP contribution in [0.2, 0.25) is 5.02 Å². The van der Waals surface area contributed by atoms with Crippen molar-refractivity contribution >= 4 is 11.6 Å². The lowest BCUT2D eigenvalue weighted by Gasteiger charge is -2.05. The maximum Gasteiger partial charge on any atom is 0.131 e. The van der Waals surface area contributed by atoms with E-state index in [1.54, 1.807) is 6.20 Å². The van der Waals surface area contributed by atoms with Gasteiger partial charge in [0, 0.05) is 18.7 Å². The van der Waals surface area contributed by atoms with E-state index in [0.29, 0.717) is 17.5 Å². The molecule has 0 aliphatic rings. The van der Waals surface area contributed by atoms with Gasteiger partial charge in [-0.3, -0.25) is 0 Å². The van der Waals surface area contributed by atoms with Gasteiger partial charge in [0.2, 0.25) is 0 Å². The van der Waals surface area contributed by atoms with E-state index in [2.05, 4.69) is 9.97 Å². The molecule has 0 atom stereocenters. The summed E-state index contributed by atoms with van der Waals surface area (Å²) in [5, 5.41) is 0.543. The molecule has 12 heavy (non-hydrogen) atoms. The number of hydrogen-bond donors (Lipinski definition) is 1. The van der Waals surface area contributed by atoms with Crippen LogP contribution in [0.4, 0.5) is 0 Å². The second kappa shape index (κ2) is 3.83. The summed E-state index contributed by atoms with van der Waals surface area (Å²) in [4.78, 5) is 8.31. The molecule has 4 heteroatoms. The topological polar surface area (TPSA) is 51.8 Å². The highest BCUT2D eigenvalue weighted by Gasteiger charge is 2.06. The molecule has 0 unspecified atom stereocenters. The Balaban J connectivity index is 3.05. The van der Waals surface area contributed by atoms with Gasteiger partial charge in [0.15, 0.2) is 0 Å². The maximum atomic E-state index is 5.80. The Bertz CT molecular complexity index is 273. The van der Waals surface area contributed by atoms with E-state index in [9.17, 15) is 0 Å². The fourth-order valence-electron chi connectivity index (χ4n) is 0.839. The third kappa shape index (κ3) is 1.93. The first-order chi connectivity index (χ1) is 5.65. The molecular formula is C8H12ClN3. The van der Waals surface area contributed by atoms with Crippen molar-refractivity contribution in [1.82, 2.24) is 9.97 Å². The molecule has 0 aliphatic carbocycles. The number of halogens is 1. The Hall–Kier alpha value is -0.670. The second-order valence-corrected chi connectivity index (χ2v) is 3.29. The minimum absolute atomic E-state index is 0.313. The SMILES string of the molecule is CC(C)c1ncc(Cl)c(CN)n1. The fourth-order valence-corrected chi connectivity index (χ4v) is 1.01. The van der Waals surface area contributed by atoms with Crippen molar-refractivity contribution in [1.29, 1.82) is 0 Å². The van der Waals surface area contributed by atoms with Gasteiger partial charge in [0.05, 0.1) is 10.7 Å². The zero-order valence-corrected chi connectivity index (χ0v) is 7.97. The van der Waals surface area contributed by atoms with E-state index in [1.807, 2.05) is 13.8 Å². The number of hydrogen-bond acceptors (Lipinski definition) is 3. The number of aromatic nitrogens is 2. The minimum Gasteiger partial charge on any atom is -0.325 e. The summed E-state index contributed by atoms with van der Waals surface area (Å²) in [6.07, 6.45) is 1.60. The van der Waals surface area contributed by atoms with Crippen molar-refractivity contribution < 1.29 is 0 Å². The van der Waals surface area contributed by atoms with Crippen LogP contribution in [0.25, 0.3) is 0 Å². The minimum atomic E-state index is 0.313. The summed E-state index contributed by atoms with van der Waals surface area (Å²) in [5.74, 6) is 1.10. The van der Waals surface area contributed by atoms with Crippen LogP contribution in [0.5, 0.6) is 0 Å². The van der Waals surface area contributed by atoms with Crippen molar-refractivity contribution in [3.05, 3.63) is 22.7 Å². The van der Waals surface area contributed by atoms with Crippen LogP contribution < -0.4 is 5.73 Å². The quantitative estimate of drug-likeness (QED) is 0.763. The van der Waals surface area contributed by atoms with E-state index in [1.165, 1.54) is 0 Å². The van der Waals surface area contributed by atoms with Crippen molar-refractivity contribution in [2.45, 2.75) is 26.3 Å². The standard InChI is InChI=1S/C8H12ClN3/c1-5(2)8-11-4-6(9)7(3-10)12-8/h4-5H,3,10H2,1-2H3. The lowest BCUT2D eigenvalue weighted by molar-refractivity contribution is 0.756. The van der Waals surface area contributed by atoms with Crippen LogP contribution in [-0.4, -0.2) is 9.97 Å². The molecule has 1 rings (SSSR count). The molecule has 0 aliphatic heterocycles. The van der Waals surface area contributed by atoms with Crippen molar-refractivity contribution in [3.63, 3.8) is 0 Å². The van der Waals surface area contributed by atoms with Crippen molar-refractivity contribution in [2.24, 2.45) is 5.73 Å². The molecule has 0 aromatic carbocycles.